The van der Waals surface area contributed by atoms with E-state index < -0.39 is 0 Å². The average molecular weight is 277 g/mol. The van der Waals surface area contributed by atoms with E-state index in [1.807, 2.05) is 29.1 Å². The number of rotatable bonds is 4. The number of benzene rings is 2. The maximum atomic E-state index is 5.61. The van der Waals surface area contributed by atoms with Crippen LogP contribution < -0.4 is 5.73 Å². The molecule has 0 aliphatic rings. The zero-order valence-corrected chi connectivity index (χ0v) is 12.2. The molecule has 21 heavy (non-hydrogen) atoms. The Bertz CT molecular complexity index is 729. The van der Waals surface area contributed by atoms with Crippen molar-refractivity contribution in [2.24, 2.45) is 5.73 Å². The summed E-state index contributed by atoms with van der Waals surface area (Å²) in [6.07, 6.45) is 4.89. The van der Waals surface area contributed by atoms with E-state index in [4.69, 9.17) is 5.73 Å². The highest BCUT2D eigenvalue weighted by Crippen LogP contribution is 2.21. The van der Waals surface area contributed by atoms with Gasteiger partial charge in [-0.1, -0.05) is 42.5 Å². The molecule has 1 heterocycles. The molecule has 0 fully saturated rings. The molecule has 3 rings (SSSR count). The van der Waals surface area contributed by atoms with E-state index in [0.717, 1.165) is 17.7 Å². The molecule has 0 unspecified atom stereocenters. The van der Waals surface area contributed by atoms with Crippen molar-refractivity contribution in [2.75, 3.05) is 6.54 Å². The Kier molecular flexibility index (Phi) is 3.84. The molecule has 0 saturated heterocycles. The molecule has 3 nitrogen and oxygen atoms in total. The van der Waals surface area contributed by atoms with Crippen LogP contribution in [0.25, 0.3) is 16.8 Å². The van der Waals surface area contributed by atoms with Crippen molar-refractivity contribution in [1.82, 2.24) is 9.78 Å². The Morgan fingerprint density at radius 2 is 1.86 bits per heavy atom. The smallest absolute Gasteiger partial charge is 0.0675 e. The number of aryl methyl sites for hydroxylation is 1. The molecule has 0 aliphatic heterocycles. The third-order valence-electron chi connectivity index (χ3n) is 3.63. The molecule has 3 heteroatoms. The van der Waals surface area contributed by atoms with Gasteiger partial charge in [-0.25, -0.2) is 4.68 Å². The van der Waals surface area contributed by atoms with E-state index in [1.54, 1.807) is 0 Å². The molecular formula is C18H19N3. The highest BCUT2D eigenvalue weighted by molar-refractivity contribution is 5.62. The first-order valence-electron chi connectivity index (χ1n) is 7.18. The maximum absolute atomic E-state index is 5.61. The van der Waals surface area contributed by atoms with Crippen molar-refractivity contribution in [1.29, 1.82) is 0 Å². The number of nitrogens with zero attached hydrogens (tertiary/aromatic N) is 2. The standard InChI is InChI=1S/C18H19N3/c1-14-11-15(9-10-19)7-8-18(14)21-13-17(12-20-21)16-5-3-2-4-6-16/h2-8,11-13H,9-10,19H2,1H3. The van der Waals surface area contributed by atoms with E-state index in [2.05, 4.69) is 48.6 Å². The number of aromatic nitrogens is 2. The fourth-order valence-corrected chi connectivity index (χ4v) is 2.53. The molecule has 2 aromatic carbocycles. The van der Waals surface area contributed by atoms with Gasteiger partial charge in [-0.15, -0.1) is 0 Å². The minimum atomic E-state index is 0.679. The van der Waals surface area contributed by atoms with Gasteiger partial charge in [-0.3, -0.25) is 0 Å². The second-order valence-corrected chi connectivity index (χ2v) is 5.20. The minimum absolute atomic E-state index is 0.679. The molecule has 3 aromatic rings. The Morgan fingerprint density at radius 3 is 2.57 bits per heavy atom. The lowest BCUT2D eigenvalue weighted by atomic mass is 10.1. The van der Waals surface area contributed by atoms with Crippen LogP contribution in [-0.2, 0) is 6.42 Å². The fourth-order valence-electron chi connectivity index (χ4n) is 2.53. The predicted molar refractivity (Wildman–Crippen MR) is 86.5 cm³/mol. The second-order valence-electron chi connectivity index (χ2n) is 5.20. The molecule has 0 radical (unpaired) electrons. The van der Waals surface area contributed by atoms with Crippen LogP contribution >= 0.6 is 0 Å². The molecule has 0 amide bonds. The van der Waals surface area contributed by atoms with Crippen LogP contribution in [-0.4, -0.2) is 16.3 Å². The van der Waals surface area contributed by atoms with Crippen LogP contribution in [0.3, 0.4) is 0 Å². The van der Waals surface area contributed by atoms with Crippen molar-refractivity contribution < 1.29 is 0 Å². The summed E-state index contributed by atoms with van der Waals surface area (Å²) >= 11 is 0. The van der Waals surface area contributed by atoms with Gasteiger partial charge < -0.3 is 5.73 Å². The van der Waals surface area contributed by atoms with Gasteiger partial charge in [-0.05, 0) is 42.6 Å². The van der Waals surface area contributed by atoms with Crippen molar-refractivity contribution >= 4 is 0 Å². The average Bonchev–Trinajstić information content (AvgIpc) is 2.98. The largest absolute Gasteiger partial charge is 0.330 e. The van der Waals surface area contributed by atoms with Crippen LogP contribution in [0.5, 0.6) is 0 Å². The van der Waals surface area contributed by atoms with Gasteiger partial charge in [0.05, 0.1) is 11.9 Å². The second kappa shape index (κ2) is 5.94. The van der Waals surface area contributed by atoms with E-state index in [-0.39, 0.29) is 0 Å². The van der Waals surface area contributed by atoms with Gasteiger partial charge in [0.2, 0.25) is 0 Å². The molecule has 2 N–H and O–H groups in total. The molecular weight excluding hydrogens is 258 g/mol. The zero-order chi connectivity index (χ0) is 14.7. The molecule has 1 aromatic heterocycles. The first-order chi connectivity index (χ1) is 10.3. The minimum Gasteiger partial charge on any atom is -0.330 e. The van der Waals surface area contributed by atoms with Crippen molar-refractivity contribution in [3.8, 4) is 16.8 Å². The third-order valence-corrected chi connectivity index (χ3v) is 3.63. The number of hydrogen-bond donors (Lipinski definition) is 1. The Balaban J connectivity index is 1.93. The topological polar surface area (TPSA) is 43.8 Å². The number of nitrogens with two attached hydrogens (primary N) is 1. The highest BCUT2D eigenvalue weighted by Gasteiger charge is 2.06. The van der Waals surface area contributed by atoms with Crippen molar-refractivity contribution in [3.63, 3.8) is 0 Å². The molecule has 0 aliphatic carbocycles. The predicted octanol–water partition coefficient (Wildman–Crippen LogP) is 3.35. The first-order valence-corrected chi connectivity index (χ1v) is 7.18. The monoisotopic (exact) mass is 277 g/mol. The fraction of sp³-hybridized carbons (Fsp3) is 0.167. The summed E-state index contributed by atoms with van der Waals surface area (Å²) in [6, 6.07) is 16.7. The summed E-state index contributed by atoms with van der Waals surface area (Å²) in [5.41, 5.74) is 11.5. The highest BCUT2D eigenvalue weighted by atomic mass is 15.3. The molecule has 0 bridgehead atoms. The first kappa shape index (κ1) is 13.6. The SMILES string of the molecule is Cc1cc(CCN)ccc1-n1cc(-c2ccccc2)cn1. The normalized spacial score (nSPS) is 10.8. The summed E-state index contributed by atoms with van der Waals surface area (Å²) in [7, 11) is 0. The summed E-state index contributed by atoms with van der Waals surface area (Å²) in [4.78, 5) is 0. The van der Waals surface area contributed by atoms with Crippen LogP contribution in [0.1, 0.15) is 11.1 Å². The van der Waals surface area contributed by atoms with Gasteiger partial charge in [0.1, 0.15) is 0 Å². The van der Waals surface area contributed by atoms with E-state index in [9.17, 15) is 0 Å². The Morgan fingerprint density at radius 1 is 1.05 bits per heavy atom. The summed E-state index contributed by atoms with van der Waals surface area (Å²) < 4.78 is 1.93. The summed E-state index contributed by atoms with van der Waals surface area (Å²) in [6.45, 7) is 2.79. The quantitative estimate of drug-likeness (QED) is 0.794. The number of hydrogen-bond acceptors (Lipinski definition) is 2. The van der Waals surface area contributed by atoms with E-state index in [1.165, 1.54) is 16.7 Å². The van der Waals surface area contributed by atoms with Crippen LogP contribution in [0.2, 0.25) is 0 Å². The third kappa shape index (κ3) is 2.88. The summed E-state index contributed by atoms with van der Waals surface area (Å²) in [5.74, 6) is 0. The van der Waals surface area contributed by atoms with Crippen LogP contribution in [0, 0.1) is 6.92 Å². The zero-order valence-electron chi connectivity index (χ0n) is 12.2. The van der Waals surface area contributed by atoms with Gasteiger partial charge in [0, 0.05) is 11.8 Å². The van der Waals surface area contributed by atoms with E-state index >= 15 is 0 Å². The van der Waals surface area contributed by atoms with Gasteiger partial charge in [0.15, 0.2) is 0 Å². The molecule has 106 valence electrons. The van der Waals surface area contributed by atoms with Crippen molar-refractivity contribution in [2.45, 2.75) is 13.3 Å². The van der Waals surface area contributed by atoms with Crippen molar-refractivity contribution in [3.05, 3.63) is 72.1 Å². The maximum Gasteiger partial charge on any atom is 0.0675 e. The van der Waals surface area contributed by atoms with E-state index in [0.29, 0.717) is 6.54 Å². The molecule has 0 spiro atoms. The Hall–Kier alpha value is -2.39. The van der Waals surface area contributed by atoms with Gasteiger partial charge >= 0.3 is 0 Å². The lowest BCUT2D eigenvalue weighted by Crippen LogP contribution is -2.04. The van der Waals surface area contributed by atoms with Crippen LogP contribution in [0.15, 0.2) is 60.9 Å². The van der Waals surface area contributed by atoms with Gasteiger partial charge in [-0.2, -0.15) is 5.10 Å². The summed E-state index contributed by atoms with van der Waals surface area (Å²) in [5, 5.41) is 4.49. The molecule has 0 saturated carbocycles. The lowest BCUT2D eigenvalue weighted by molar-refractivity contribution is 0.869. The van der Waals surface area contributed by atoms with Gasteiger partial charge in [0.25, 0.3) is 0 Å². The van der Waals surface area contributed by atoms with Crippen LogP contribution in [0.4, 0.5) is 0 Å². The Labute approximate surface area is 125 Å². The lowest BCUT2D eigenvalue weighted by Gasteiger charge is -2.08. The molecule has 0 atom stereocenters.